The Balaban J connectivity index is 1.77. The molecule has 5 heteroatoms. The molecule has 0 unspecified atom stereocenters. The van der Waals surface area contributed by atoms with Crippen molar-refractivity contribution in [2.24, 2.45) is 5.92 Å². The van der Waals surface area contributed by atoms with Crippen molar-refractivity contribution in [1.29, 1.82) is 0 Å². The highest BCUT2D eigenvalue weighted by Crippen LogP contribution is 2.50. The quantitative estimate of drug-likeness (QED) is 0.810. The topological polar surface area (TPSA) is 70.0 Å². The van der Waals surface area contributed by atoms with Crippen LogP contribution in [0.25, 0.3) is 0 Å². The molecule has 5 nitrogen and oxygen atoms in total. The number of nitrogens with zero attached hydrogens (tertiary/aromatic N) is 1. The molecule has 0 radical (unpaired) electrons. The van der Waals surface area contributed by atoms with E-state index < -0.39 is 5.60 Å². The van der Waals surface area contributed by atoms with Gasteiger partial charge in [0, 0.05) is 18.0 Å². The van der Waals surface area contributed by atoms with Gasteiger partial charge in [0.05, 0.1) is 18.2 Å². The molecular weight excluding hydrogens is 366 g/mol. The Morgan fingerprint density at radius 3 is 2.72 bits per heavy atom. The normalized spacial score (nSPS) is 26.6. The Morgan fingerprint density at radius 1 is 1.17 bits per heavy atom. The largest absolute Gasteiger partial charge is 0.504 e. The molecule has 1 saturated heterocycles. The summed E-state index contributed by atoms with van der Waals surface area (Å²) in [5.41, 5.74) is 0.808. The molecule has 29 heavy (non-hydrogen) atoms. The second kappa shape index (κ2) is 8.07. The molecule has 4 rings (SSSR count). The number of hydrogen-bond acceptors (Lipinski definition) is 4. The van der Waals surface area contributed by atoms with Gasteiger partial charge in [-0.3, -0.25) is 4.79 Å². The fourth-order valence-electron chi connectivity index (χ4n) is 5.05. The number of carbonyl (C=O) groups excluding carboxylic acids is 1. The Kier molecular flexibility index (Phi) is 5.50. The van der Waals surface area contributed by atoms with Gasteiger partial charge < -0.3 is 19.8 Å². The van der Waals surface area contributed by atoms with Crippen LogP contribution < -0.4 is 4.74 Å². The molecule has 1 saturated carbocycles. The Hall–Kier alpha value is -2.53. The summed E-state index contributed by atoms with van der Waals surface area (Å²) in [5, 5.41) is 21.5. The van der Waals surface area contributed by atoms with Crippen LogP contribution in [0.2, 0.25) is 0 Å². The zero-order valence-electron chi connectivity index (χ0n) is 16.9. The minimum absolute atomic E-state index is 0.0192. The first kappa shape index (κ1) is 19.8. The Morgan fingerprint density at radius 2 is 1.97 bits per heavy atom. The van der Waals surface area contributed by atoms with Gasteiger partial charge in [-0.1, -0.05) is 37.1 Å². The lowest BCUT2D eigenvalue weighted by Crippen LogP contribution is -2.56. The van der Waals surface area contributed by atoms with Gasteiger partial charge in [-0.2, -0.15) is 0 Å². The first-order valence-corrected chi connectivity index (χ1v) is 10.6. The minimum atomic E-state index is -0.750. The molecule has 3 atom stereocenters. The predicted octanol–water partition coefficient (Wildman–Crippen LogP) is 4.30. The number of ether oxygens (including phenoxy) is 1. The number of phenols is 1. The third-order valence-corrected chi connectivity index (χ3v) is 6.47. The molecule has 2 aromatic rings. The number of benzene rings is 2. The molecule has 2 fully saturated rings. The van der Waals surface area contributed by atoms with E-state index in [1.54, 1.807) is 6.07 Å². The van der Waals surface area contributed by atoms with Crippen LogP contribution in [0.5, 0.6) is 11.5 Å². The molecule has 0 aromatic heterocycles. The van der Waals surface area contributed by atoms with E-state index in [-0.39, 0.29) is 23.6 Å². The van der Waals surface area contributed by atoms with Gasteiger partial charge in [-0.15, -0.1) is 0 Å². The van der Waals surface area contributed by atoms with Crippen LogP contribution in [0.15, 0.2) is 48.5 Å². The van der Waals surface area contributed by atoms with Gasteiger partial charge >= 0.3 is 0 Å². The zero-order chi connectivity index (χ0) is 20.4. The van der Waals surface area contributed by atoms with Crippen molar-refractivity contribution in [3.63, 3.8) is 0 Å². The molecule has 154 valence electrons. The number of hydrogen-bond donors (Lipinski definition) is 2. The van der Waals surface area contributed by atoms with Crippen molar-refractivity contribution in [2.75, 3.05) is 13.2 Å². The number of aliphatic hydroxyl groups is 1. The molecule has 2 aliphatic rings. The number of phenolic OH excluding ortho intramolecular Hbond substituents is 1. The van der Waals surface area contributed by atoms with Crippen molar-refractivity contribution in [2.45, 2.75) is 50.7 Å². The highest BCUT2D eigenvalue weighted by molar-refractivity contribution is 5.94. The number of piperidine rings is 1. The van der Waals surface area contributed by atoms with Gasteiger partial charge in [-0.05, 0) is 56.0 Å². The summed E-state index contributed by atoms with van der Waals surface area (Å²) < 4.78 is 5.59. The summed E-state index contributed by atoms with van der Waals surface area (Å²) in [6.45, 7) is 2.83. The lowest BCUT2D eigenvalue weighted by molar-refractivity contribution is -0.115. The van der Waals surface area contributed by atoms with E-state index >= 15 is 0 Å². The summed E-state index contributed by atoms with van der Waals surface area (Å²) in [5.74, 6) is 0.458. The first-order valence-electron chi connectivity index (χ1n) is 10.6. The molecule has 2 N–H and O–H groups in total. The third kappa shape index (κ3) is 3.71. The number of rotatable bonds is 4. The average Bonchev–Trinajstić information content (AvgIpc) is 2.74. The molecule has 1 aliphatic carbocycles. The molecule has 1 aliphatic heterocycles. The third-order valence-electron chi connectivity index (χ3n) is 6.47. The molecule has 1 heterocycles. The van der Waals surface area contributed by atoms with Crippen molar-refractivity contribution in [3.8, 4) is 11.5 Å². The number of amides is 1. The zero-order valence-corrected chi connectivity index (χ0v) is 16.9. The summed E-state index contributed by atoms with van der Waals surface area (Å²) in [4.78, 5) is 15.3. The van der Waals surface area contributed by atoms with E-state index in [0.29, 0.717) is 30.9 Å². The molecule has 0 spiro atoms. The highest BCUT2D eigenvalue weighted by atomic mass is 16.5. The SMILES string of the molecule is CCOc1cc([C@@H]2[C@@H]3CCCC[C@]3(O)CCN2C(=O)c2ccccc2)ccc1O. The fraction of sp³-hybridized carbons (Fsp3) is 0.458. The van der Waals surface area contributed by atoms with Gasteiger partial charge in [0.1, 0.15) is 0 Å². The summed E-state index contributed by atoms with van der Waals surface area (Å²) in [6.07, 6.45) is 4.32. The highest BCUT2D eigenvalue weighted by Gasteiger charge is 2.50. The van der Waals surface area contributed by atoms with E-state index in [1.165, 1.54) is 0 Å². The van der Waals surface area contributed by atoms with Crippen LogP contribution in [-0.4, -0.2) is 39.8 Å². The van der Waals surface area contributed by atoms with Gasteiger partial charge in [0.15, 0.2) is 11.5 Å². The molecular formula is C24H29NO4. The van der Waals surface area contributed by atoms with E-state index in [4.69, 9.17) is 4.74 Å². The molecule has 1 amide bonds. The van der Waals surface area contributed by atoms with Crippen LogP contribution in [0.3, 0.4) is 0 Å². The van der Waals surface area contributed by atoms with E-state index in [1.807, 2.05) is 54.3 Å². The first-order chi connectivity index (χ1) is 14.0. The number of likely N-dealkylation sites (tertiary alicyclic amines) is 1. The summed E-state index contributed by atoms with van der Waals surface area (Å²) in [6, 6.07) is 14.4. The van der Waals surface area contributed by atoms with Crippen LogP contribution in [0, 0.1) is 5.92 Å². The standard InChI is InChI=1S/C24H29NO4/c1-2-29-21-16-18(11-12-20(21)26)22-19-10-6-7-13-24(19,28)14-15-25(22)23(27)17-8-4-3-5-9-17/h3-5,8-9,11-12,16,19,22,26,28H,2,6-7,10,13-15H2,1H3/t19-,22+,24-/m0/s1. The van der Waals surface area contributed by atoms with Gasteiger partial charge in [-0.25, -0.2) is 0 Å². The van der Waals surface area contributed by atoms with E-state index in [9.17, 15) is 15.0 Å². The molecule has 0 bridgehead atoms. The van der Waals surface area contributed by atoms with Crippen LogP contribution in [-0.2, 0) is 0 Å². The van der Waals surface area contributed by atoms with E-state index in [0.717, 1.165) is 31.2 Å². The molecule has 2 aromatic carbocycles. The second-order valence-corrected chi connectivity index (χ2v) is 8.18. The van der Waals surface area contributed by atoms with Gasteiger partial charge in [0.2, 0.25) is 0 Å². The average molecular weight is 395 g/mol. The minimum Gasteiger partial charge on any atom is -0.504 e. The summed E-state index contributed by atoms with van der Waals surface area (Å²) >= 11 is 0. The van der Waals surface area contributed by atoms with Crippen molar-refractivity contribution in [3.05, 3.63) is 59.7 Å². The van der Waals surface area contributed by atoms with Crippen LogP contribution >= 0.6 is 0 Å². The van der Waals surface area contributed by atoms with Crippen molar-refractivity contribution >= 4 is 5.91 Å². The van der Waals surface area contributed by atoms with Crippen LogP contribution in [0.1, 0.15) is 61.0 Å². The lowest BCUT2D eigenvalue weighted by Gasteiger charge is -2.52. The second-order valence-electron chi connectivity index (χ2n) is 8.18. The van der Waals surface area contributed by atoms with E-state index in [2.05, 4.69) is 0 Å². The Labute approximate surface area is 171 Å². The maximum Gasteiger partial charge on any atom is 0.254 e. The number of carbonyl (C=O) groups is 1. The lowest BCUT2D eigenvalue weighted by atomic mass is 9.66. The monoisotopic (exact) mass is 395 g/mol. The van der Waals surface area contributed by atoms with Crippen molar-refractivity contribution < 1.29 is 19.7 Å². The Bertz CT molecular complexity index is 868. The smallest absolute Gasteiger partial charge is 0.254 e. The summed E-state index contributed by atoms with van der Waals surface area (Å²) in [7, 11) is 0. The number of aromatic hydroxyl groups is 1. The van der Waals surface area contributed by atoms with Crippen molar-refractivity contribution in [1.82, 2.24) is 4.90 Å². The number of fused-ring (bicyclic) bond motifs is 1. The van der Waals surface area contributed by atoms with Gasteiger partial charge in [0.25, 0.3) is 5.91 Å². The van der Waals surface area contributed by atoms with Crippen LogP contribution in [0.4, 0.5) is 0 Å². The maximum absolute atomic E-state index is 13.4. The maximum atomic E-state index is 13.4. The fourth-order valence-corrected chi connectivity index (χ4v) is 5.05. The predicted molar refractivity (Wildman–Crippen MR) is 111 cm³/mol.